The van der Waals surface area contributed by atoms with E-state index >= 15 is 0 Å². The molecule has 2 heterocycles. The number of piperazine rings is 1. The van der Waals surface area contributed by atoms with Gasteiger partial charge < -0.3 is 9.80 Å². The number of carbonyl (C=O) groups is 2. The van der Waals surface area contributed by atoms with Crippen LogP contribution in [0.3, 0.4) is 0 Å². The normalized spacial score (nSPS) is 16.0. The molecular weight excluding hydrogens is 524 g/mol. The predicted octanol–water partition coefficient (Wildman–Crippen LogP) is 3.80. The number of nitrogens with zero attached hydrogens (tertiary/aromatic N) is 4. The first-order valence-electron chi connectivity index (χ1n) is 13.0. The Morgan fingerprint density at radius 3 is 2.12 bits per heavy atom. The summed E-state index contributed by atoms with van der Waals surface area (Å²) in [6.07, 6.45) is 5.40. The van der Waals surface area contributed by atoms with Crippen molar-refractivity contribution in [3.63, 3.8) is 0 Å². The Bertz CT molecular complexity index is 1830. The fourth-order valence-electron chi connectivity index (χ4n) is 5.83. The van der Waals surface area contributed by atoms with Gasteiger partial charge in [0.25, 0.3) is 11.8 Å². The van der Waals surface area contributed by atoms with Gasteiger partial charge in [0.05, 0.1) is 11.4 Å². The van der Waals surface area contributed by atoms with Crippen molar-refractivity contribution in [2.24, 2.45) is 0 Å². The third-order valence-electron chi connectivity index (χ3n) is 7.76. The third-order valence-corrected chi connectivity index (χ3v) is 9.71. The SMILES string of the molecule is C#CCN1C(=O)c2cccc3c(N4CCN(S(=O)(=O)c5cccc6c(N(C)C)cccc56)CC4)ccc(c23)C1=O. The van der Waals surface area contributed by atoms with Gasteiger partial charge in [-0.25, -0.2) is 8.42 Å². The van der Waals surface area contributed by atoms with Crippen LogP contribution in [0.5, 0.6) is 0 Å². The van der Waals surface area contributed by atoms with Gasteiger partial charge in [-0.3, -0.25) is 14.5 Å². The quantitative estimate of drug-likeness (QED) is 0.277. The molecular formula is C31H28N4O4S. The van der Waals surface area contributed by atoms with Crippen LogP contribution in [-0.2, 0) is 10.0 Å². The first-order chi connectivity index (χ1) is 19.2. The minimum atomic E-state index is -3.74. The molecule has 0 aromatic heterocycles. The molecule has 0 N–H and O–H groups in total. The highest BCUT2D eigenvalue weighted by molar-refractivity contribution is 7.89. The van der Waals surface area contributed by atoms with Gasteiger partial charge in [0.2, 0.25) is 10.0 Å². The van der Waals surface area contributed by atoms with E-state index in [1.165, 1.54) is 4.31 Å². The predicted molar refractivity (Wildman–Crippen MR) is 157 cm³/mol. The van der Waals surface area contributed by atoms with Gasteiger partial charge in [-0.15, -0.1) is 6.42 Å². The van der Waals surface area contributed by atoms with E-state index < -0.39 is 21.8 Å². The number of amides is 2. The molecule has 0 unspecified atom stereocenters. The van der Waals surface area contributed by atoms with E-state index in [1.807, 2.05) is 55.4 Å². The first kappa shape index (κ1) is 25.9. The summed E-state index contributed by atoms with van der Waals surface area (Å²) in [6, 6.07) is 20.2. The number of carbonyl (C=O) groups excluding carboxylic acids is 2. The second-order valence-corrected chi connectivity index (χ2v) is 12.1. The first-order valence-corrected chi connectivity index (χ1v) is 14.5. The number of fused-ring (bicyclic) bond motifs is 1. The molecule has 2 aliphatic rings. The Hall–Kier alpha value is -4.39. The average molecular weight is 553 g/mol. The zero-order valence-corrected chi connectivity index (χ0v) is 23.1. The number of terminal acetylenes is 1. The molecule has 1 saturated heterocycles. The van der Waals surface area contributed by atoms with E-state index in [1.54, 1.807) is 30.3 Å². The molecule has 4 aromatic rings. The van der Waals surface area contributed by atoms with Crippen LogP contribution in [0.15, 0.2) is 71.6 Å². The molecule has 8 nitrogen and oxygen atoms in total. The number of sulfonamides is 1. The van der Waals surface area contributed by atoms with Crippen molar-refractivity contribution >= 4 is 54.8 Å². The van der Waals surface area contributed by atoms with Gasteiger partial charge in [0.1, 0.15) is 0 Å². The summed E-state index contributed by atoms with van der Waals surface area (Å²) in [6.45, 7) is 1.47. The van der Waals surface area contributed by atoms with E-state index in [-0.39, 0.29) is 6.54 Å². The molecule has 202 valence electrons. The summed E-state index contributed by atoms with van der Waals surface area (Å²) < 4.78 is 29.2. The van der Waals surface area contributed by atoms with Gasteiger partial charge in [-0.05, 0) is 30.3 Å². The van der Waals surface area contributed by atoms with Gasteiger partial charge in [0.15, 0.2) is 0 Å². The molecule has 0 bridgehead atoms. The van der Waals surface area contributed by atoms with Gasteiger partial charge in [-0.1, -0.05) is 42.3 Å². The van der Waals surface area contributed by atoms with Crippen molar-refractivity contribution in [3.05, 3.63) is 77.9 Å². The molecule has 2 amide bonds. The molecule has 6 rings (SSSR count). The number of hydrogen-bond acceptors (Lipinski definition) is 6. The number of anilines is 2. The second-order valence-electron chi connectivity index (χ2n) is 10.2. The summed E-state index contributed by atoms with van der Waals surface area (Å²) >= 11 is 0. The number of rotatable bonds is 5. The maximum Gasteiger partial charge on any atom is 0.262 e. The van der Waals surface area contributed by atoms with Crippen molar-refractivity contribution in [1.82, 2.24) is 9.21 Å². The molecule has 2 aliphatic heterocycles. The molecule has 1 fully saturated rings. The van der Waals surface area contributed by atoms with Crippen LogP contribution < -0.4 is 9.80 Å². The highest BCUT2D eigenvalue weighted by atomic mass is 32.2. The maximum absolute atomic E-state index is 13.8. The molecule has 0 atom stereocenters. The molecule has 0 radical (unpaired) electrons. The Labute approximate surface area is 233 Å². The molecule has 0 saturated carbocycles. The minimum Gasteiger partial charge on any atom is -0.377 e. The lowest BCUT2D eigenvalue weighted by atomic mass is 9.92. The van der Waals surface area contributed by atoms with Crippen LogP contribution in [0.4, 0.5) is 11.4 Å². The largest absolute Gasteiger partial charge is 0.377 e. The summed E-state index contributed by atoms with van der Waals surface area (Å²) in [5.41, 5.74) is 2.71. The molecule has 0 spiro atoms. The highest BCUT2D eigenvalue weighted by Gasteiger charge is 2.35. The Morgan fingerprint density at radius 1 is 0.800 bits per heavy atom. The third kappa shape index (κ3) is 3.91. The van der Waals surface area contributed by atoms with Crippen molar-refractivity contribution in [1.29, 1.82) is 0 Å². The number of imide groups is 1. The lowest BCUT2D eigenvalue weighted by molar-refractivity contribution is 0.0632. The number of hydrogen-bond donors (Lipinski definition) is 0. The van der Waals surface area contributed by atoms with Crippen molar-refractivity contribution < 1.29 is 18.0 Å². The van der Waals surface area contributed by atoms with Crippen LogP contribution in [0.1, 0.15) is 20.7 Å². The van der Waals surface area contributed by atoms with Crippen molar-refractivity contribution in [2.75, 3.05) is 56.6 Å². The Morgan fingerprint density at radius 2 is 1.43 bits per heavy atom. The van der Waals surface area contributed by atoms with Crippen molar-refractivity contribution in [2.45, 2.75) is 4.90 Å². The highest BCUT2D eigenvalue weighted by Crippen LogP contribution is 2.37. The lowest BCUT2D eigenvalue weighted by Crippen LogP contribution is -2.48. The van der Waals surface area contributed by atoms with Gasteiger partial charge in [0, 0.05) is 84.3 Å². The van der Waals surface area contributed by atoms with Crippen molar-refractivity contribution in [3.8, 4) is 12.3 Å². The Balaban J connectivity index is 1.31. The monoisotopic (exact) mass is 552 g/mol. The second kappa shape index (κ2) is 9.66. The smallest absolute Gasteiger partial charge is 0.262 e. The maximum atomic E-state index is 13.8. The van der Waals surface area contributed by atoms with Crippen LogP contribution in [0, 0.1) is 12.3 Å². The lowest BCUT2D eigenvalue weighted by Gasteiger charge is -2.36. The van der Waals surface area contributed by atoms with E-state index in [0.29, 0.717) is 53.0 Å². The molecule has 0 aliphatic carbocycles. The van der Waals surface area contributed by atoms with Crippen LogP contribution >= 0.6 is 0 Å². The van der Waals surface area contributed by atoms with Crippen LogP contribution in [-0.4, -0.2) is 76.3 Å². The fraction of sp³-hybridized carbons (Fsp3) is 0.226. The van der Waals surface area contributed by atoms with E-state index in [4.69, 9.17) is 6.42 Å². The van der Waals surface area contributed by atoms with Crippen LogP contribution in [0.25, 0.3) is 21.5 Å². The van der Waals surface area contributed by atoms with E-state index in [2.05, 4.69) is 10.8 Å². The summed E-state index contributed by atoms with van der Waals surface area (Å²) in [5, 5.41) is 3.00. The zero-order valence-electron chi connectivity index (χ0n) is 22.3. The molecule has 40 heavy (non-hydrogen) atoms. The number of benzene rings is 4. The minimum absolute atomic E-state index is 0.0845. The fourth-order valence-corrected chi connectivity index (χ4v) is 7.46. The topological polar surface area (TPSA) is 81.2 Å². The van der Waals surface area contributed by atoms with E-state index in [0.717, 1.165) is 27.0 Å². The standard InChI is InChI=1S/C31H28N4O4S/c1-4-16-35-30(36)24-11-5-10-23-27(15-14-25(29(23)24)31(35)37)33-17-19-34(20-18-33)40(38,39)28-13-7-8-21-22(28)9-6-12-26(21)32(2)3/h1,5-15H,16-20H2,2-3H3. The van der Waals surface area contributed by atoms with Gasteiger partial charge >= 0.3 is 0 Å². The summed E-state index contributed by atoms with van der Waals surface area (Å²) in [4.78, 5) is 31.6. The zero-order chi connectivity index (χ0) is 28.2. The van der Waals surface area contributed by atoms with Gasteiger partial charge in [-0.2, -0.15) is 4.31 Å². The summed E-state index contributed by atoms with van der Waals surface area (Å²) in [5.74, 6) is 1.59. The average Bonchev–Trinajstić information content (AvgIpc) is 2.97. The summed E-state index contributed by atoms with van der Waals surface area (Å²) in [7, 11) is 0.145. The van der Waals surface area contributed by atoms with Crippen LogP contribution in [0.2, 0.25) is 0 Å². The Kier molecular flexibility index (Phi) is 6.25. The molecule has 9 heteroatoms. The van der Waals surface area contributed by atoms with E-state index in [9.17, 15) is 18.0 Å². The molecule has 4 aromatic carbocycles.